The molecule has 0 aromatic heterocycles. The monoisotopic (exact) mass is 274 g/mol. The normalized spacial score (nSPS) is 15.1. The van der Waals surface area contributed by atoms with E-state index in [4.69, 9.17) is 10.5 Å². The zero-order valence-electron chi connectivity index (χ0n) is 12.1. The highest BCUT2D eigenvalue weighted by Gasteiger charge is 2.19. The van der Waals surface area contributed by atoms with Gasteiger partial charge < -0.3 is 15.8 Å². The Hall–Kier alpha value is -1.81. The van der Waals surface area contributed by atoms with E-state index in [1.165, 1.54) is 0 Å². The third-order valence-electron chi connectivity index (χ3n) is 3.30. The van der Waals surface area contributed by atoms with Gasteiger partial charge in [0.25, 0.3) is 5.91 Å². The molecule has 1 aliphatic rings. The van der Waals surface area contributed by atoms with Crippen molar-refractivity contribution in [3.05, 3.63) is 35.4 Å². The summed E-state index contributed by atoms with van der Waals surface area (Å²) in [4.78, 5) is 12.2. The summed E-state index contributed by atoms with van der Waals surface area (Å²) in [6.45, 7) is 5.00. The van der Waals surface area contributed by atoms with Crippen LogP contribution in [0.5, 0.6) is 5.75 Å². The van der Waals surface area contributed by atoms with E-state index in [1.807, 2.05) is 30.3 Å². The molecule has 3 N–H and O–H groups in total. The fourth-order valence-electron chi connectivity index (χ4n) is 2.31. The number of ether oxygens (including phenoxy) is 1. The molecule has 1 unspecified atom stereocenters. The molecule has 108 valence electrons. The predicted octanol–water partition coefficient (Wildman–Crippen LogP) is 1.95. The van der Waals surface area contributed by atoms with Crippen LogP contribution in [0.3, 0.4) is 0 Å². The first kappa shape index (κ1) is 14.6. The van der Waals surface area contributed by atoms with Gasteiger partial charge in [0.1, 0.15) is 12.4 Å². The molecule has 0 bridgehead atoms. The van der Waals surface area contributed by atoms with Crippen molar-refractivity contribution < 1.29 is 9.53 Å². The third-order valence-corrected chi connectivity index (χ3v) is 3.30. The number of fused-ring (bicyclic) bond motifs is 1. The Kier molecular flexibility index (Phi) is 4.79. The fourth-order valence-corrected chi connectivity index (χ4v) is 2.31. The Balaban J connectivity index is 2.05. The van der Waals surface area contributed by atoms with Gasteiger partial charge in [-0.25, -0.2) is 0 Å². The smallest absolute Gasteiger partial charge is 0.250 e. The number of nitrogens with two attached hydrogens (primary N) is 1. The first-order chi connectivity index (χ1) is 9.60. The Labute approximate surface area is 120 Å². The topological polar surface area (TPSA) is 64.3 Å². The van der Waals surface area contributed by atoms with Gasteiger partial charge >= 0.3 is 0 Å². The van der Waals surface area contributed by atoms with E-state index in [0.29, 0.717) is 24.6 Å². The minimum atomic E-state index is -0.0874. The summed E-state index contributed by atoms with van der Waals surface area (Å²) in [5, 5.41) is 2.99. The standard InChI is InChI=1S/C16H22N2O2/c1-11(2)7-14(9-17)18-16(19)13-8-12-5-3-4-6-15(12)20-10-13/h3-6,8,11,14H,7,9-10,17H2,1-2H3,(H,18,19). The summed E-state index contributed by atoms with van der Waals surface area (Å²) in [6.07, 6.45) is 2.77. The molecule has 1 atom stereocenters. The lowest BCUT2D eigenvalue weighted by Crippen LogP contribution is -2.42. The number of rotatable bonds is 5. The van der Waals surface area contributed by atoms with Gasteiger partial charge in [-0.15, -0.1) is 0 Å². The number of carbonyl (C=O) groups excluding carboxylic acids is 1. The summed E-state index contributed by atoms with van der Waals surface area (Å²) < 4.78 is 5.59. The maximum atomic E-state index is 12.2. The van der Waals surface area contributed by atoms with Crippen molar-refractivity contribution in [1.29, 1.82) is 0 Å². The van der Waals surface area contributed by atoms with Crippen molar-refractivity contribution >= 4 is 12.0 Å². The number of carbonyl (C=O) groups is 1. The average Bonchev–Trinajstić information content (AvgIpc) is 2.45. The van der Waals surface area contributed by atoms with Crippen molar-refractivity contribution in [2.24, 2.45) is 11.7 Å². The van der Waals surface area contributed by atoms with Crippen molar-refractivity contribution in [3.63, 3.8) is 0 Å². The number of amides is 1. The maximum absolute atomic E-state index is 12.2. The lowest BCUT2D eigenvalue weighted by Gasteiger charge is -2.22. The van der Waals surface area contributed by atoms with Gasteiger partial charge in [0.2, 0.25) is 0 Å². The van der Waals surface area contributed by atoms with Crippen molar-refractivity contribution in [1.82, 2.24) is 5.32 Å². The van der Waals surface area contributed by atoms with E-state index in [1.54, 1.807) is 0 Å². The van der Waals surface area contributed by atoms with Crippen LogP contribution in [-0.2, 0) is 4.79 Å². The van der Waals surface area contributed by atoms with Gasteiger partial charge in [0, 0.05) is 18.2 Å². The number of para-hydroxylation sites is 1. The van der Waals surface area contributed by atoms with Gasteiger partial charge in [-0.2, -0.15) is 0 Å². The molecule has 1 heterocycles. The highest BCUT2D eigenvalue weighted by Crippen LogP contribution is 2.25. The van der Waals surface area contributed by atoms with Crippen LogP contribution in [-0.4, -0.2) is 25.1 Å². The van der Waals surface area contributed by atoms with Crippen LogP contribution < -0.4 is 15.8 Å². The Morgan fingerprint density at radius 2 is 2.15 bits per heavy atom. The average molecular weight is 274 g/mol. The Morgan fingerprint density at radius 1 is 1.40 bits per heavy atom. The number of benzene rings is 1. The largest absolute Gasteiger partial charge is 0.488 e. The van der Waals surface area contributed by atoms with Crippen LogP contribution in [0, 0.1) is 5.92 Å². The second-order valence-electron chi connectivity index (χ2n) is 5.53. The zero-order valence-corrected chi connectivity index (χ0v) is 12.1. The van der Waals surface area contributed by atoms with Crippen LogP contribution >= 0.6 is 0 Å². The lowest BCUT2D eigenvalue weighted by atomic mass is 10.0. The number of nitrogens with one attached hydrogen (secondary N) is 1. The molecule has 1 aliphatic heterocycles. The van der Waals surface area contributed by atoms with E-state index in [0.717, 1.165) is 17.7 Å². The highest BCUT2D eigenvalue weighted by molar-refractivity contribution is 5.99. The Bertz CT molecular complexity index is 509. The van der Waals surface area contributed by atoms with Crippen molar-refractivity contribution in [2.75, 3.05) is 13.2 Å². The zero-order chi connectivity index (χ0) is 14.5. The van der Waals surface area contributed by atoms with E-state index >= 15 is 0 Å². The van der Waals surface area contributed by atoms with E-state index in [9.17, 15) is 4.79 Å². The first-order valence-electron chi connectivity index (χ1n) is 7.03. The summed E-state index contributed by atoms with van der Waals surface area (Å²) in [7, 11) is 0. The molecular formula is C16H22N2O2. The molecule has 0 spiro atoms. The minimum Gasteiger partial charge on any atom is -0.488 e. The quantitative estimate of drug-likeness (QED) is 0.862. The van der Waals surface area contributed by atoms with E-state index < -0.39 is 0 Å². The predicted molar refractivity (Wildman–Crippen MR) is 80.4 cm³/mol. The summed E-state index contributed by atoms with van der Waals surface area (Å²) in [6, 6.07) is 7.71. The van der Waals surface area contributed by atoms with E-state index in [2.05, 4.69) is 19.2 Å². The van der Waals surface area contributed by atoms with Gasteiger partial charge in [-0.3, -0.25) is 4.79 Å². The highest BCUT2D eigenvalue weighted by atomic mass is 16.5. The molecule has 0 fully saturated rings. The minimum absolute atomic E-state index is 0.0144. The van der Waals surface area contributed by atoms with Gasteiger partial charge in [0.15, 0.2) is 0 Å². The van der Waals surface area contributed by atoms with Gasteiger partial charge in [-0.05, 0) is 24.5 Å². The summed E-state index contributed by atoms with van der Waals surface area (Å²) in [5.74, 6) is 1.23. The van der Waals surface area contributed by atoms with Crippen LogP contribution in [0.4, 0.5) is 0 Å². The molecule has 4 nitrogen and oxygen atoms in total. The molecule has 0 radical (unpaired) electrons. The lowest BCUT2D eigenvalue weighted by molar-refractivity contribution is -0.118. The fraction of sp³-hybridized carbons (Fsp3) is 0.438. The number of hydrogen-bond donors (Lipinski definition) is 2. The van der Waals surface area contributed by atoms with Crippen LogP contribution in [0.25, 0.3) is 6.08 Å². The third kappa shape index (κ3) is 3.61. The second kappa shape index (κ2) is 6.57. The molecular weight excluding hydrogens is 252 g/mol. The Morgan fingerprint density at radius 3 is 2.85 bits per heavy atom. The molecule has 0 aliphatic carbocycles. The van der Waals surface area contributed by atoms with E-state index in [-0.39, 0.29) is 11.9 Å². The van der Waals surface area contributed by atoms with Crippen LogP contribution in [0.1, 0.15) is 25.8 Å². The maximum Gasteiger partial charge on any atom is 0.250 e. The molecule has 4 heteroatoms. The SMILES string of the molecule is CC(C)CC(CN)NC(=O)C1=Cc2ccccc2OC1. The van der Waals surface area contributed by atoms with Crippen LogP contribution in [0.2, 0.25) is 0 Å². The molecule has 1 aromatic rings. The van der Waals surface area contributed by atoms with Gasteiger partial charge in [-0.1, -0.05) is 32.0 Å². The molecule has 1 aromatic carbocycles. The molecule has 2 rings (SSSR count). The van der Waals surface area contributed by atoms with Crippen molar-refractivity contribution in [3.8, 4) is 5.75 Å². The van der Waals surface area contributed by atoms with Crippen LogP contribution in [0.15, 0.2) is 29.8 Å². The molecule has 0 saturated heterocycles. The first-order valence-corrected chi connectivity index (χ1v) is 7.03. The van der Waals surface area contributed by atoms with Gasteiger partial charge in [0.05, 0.1) is 5.57 Å². The number of hydrogen-bond acceptors (Lipinski definition) is 3. The summed E-state index contributed by atoms with van der Waals surface area (Å²) in [5.41, 5.74) is 7.30. The molecule has 0 saturated carbocycles. The summed E-state index contributed by atoms with van der Waals surface area (Å²) >= 11 is 0. The molecule has 1 amide bonds. The van der Waals surface area contributed by atoms with Crippen molar-refractivity contribution in [2.45, 2.75) is 26.3 Å². The second-order valence-corrected chi connectivity index (χ2v) is 5.53. The molecule has 20 heavy (non-hydrogen) atoms.